The van der Waals surface area contributed by atoms with Gasteiger partial charge in [-0.05, 0) is 0 Å². The van der Waals surface area contributed by atoms with Crippen LogP contribution in [-0.2, 0) is 20.9 Å². The van der Waals surface area contributed by atoms with E-state index < -0.39 is 0 Å². The topological polar surface area (TPSA) is 96.5 Å². The van der Waals surface area contributed by atoms with Gasteiger partial charge in [0, 0.05) is 20.2 Å². The molecule has 0 saturated carbocycles. The molecule has 0 spiro atoms. The minimum Gasteiger partial charge on any atom is -0.377 e. The number of nitrogens with zero attached hydrogens (tertiary/aromatic N) is 3. The summed E-state index contributed by atoms with van der Waals surface area (Å²) in [6, 6.07) is 1.69. The van der Waals surface area contributed by atoms with Crippen molar-refractivity contribution >= 4 is 23.5 Å². The highest BCUT2D eigenvalue weighted by molar-refractivity contribution is 6.02. The molecule has 1 aliphatic rings. The predicted molar refractivity (Wildman–Crippen MR) is 67.7 cm³/mol. The Hall–Kier alpha value is -2.22. The first-order valence-electron chi connectivity index (χ1n) is 5.74. The number of imide groups is 1. The van der Waals surface area contributed by atoms with Gasteiger partial charge in [-0.25, -0.2) is 9.97 Å². The van der Waals surface area contributed by atoms with Crippen molar-refractivity contribution in [1.82, 2.24) is 15.3 Å². The zero-order valence-electron chi connectivity index (χ0n) is 10.8. The number of aromatic nitrogens is 2. The van der Waals surface area contributed by atoms with E-state index in [1.54, 1.807) is 25.1 Å². The highest BCUT2D eigenvalue weighted by atomic mass is 16.5. The molecule has 102 valence electrons. The summed E-state index contributed by atoms with van der Waals surface area (Å²) in [7, 11) is 3.28. The van der Waals surface area contributed by atoms with Crippen molar-refractivity contribution in [2.24, 2.45) is 0 Å². The number of carbonyl (C=O) groups is 2. The number of nitrogens with one attached hydrogen (secondary N) is 2. The summed E-state index contributed by atoms with van der Waals surface area (Å²) in [6.07, 6.45) is 0. The average Bonchev–Trinajstić information content (AvgIpc) is 2.37. The molecule has 1 aromatic rings. The molecule has 1 aliphatic heterocycles. The standard InChI is InChI=1S/C11H15N5O3/c1-12-7-3-9(14-8(13-7)6-19-2)16-4-10(17)15-11(18)5-16/h3H,4-6H2,1-2H3,(H,12,13,14)(H,15,17,18). The van der Waals surface area contributed by atoms with E-state index in [0.717, 1.165) is 0 Å². The third-order valence-electron chi connectivity index (χ3n) is 2.56. The number of carbonyl (C=O) groups excluding carboxylic acids is 2. The minimum absolute atomic E-state index is 0.0956. The summed E-state index contributed by atoms with van der Waals surface area (Å²) < 4.78 is 4.99. The van der Waals surface area contributed by atoms with Crippen molar-refractivity contribution in [3.05, 3.63) is 11.9 Å². The first-order valence-corrected chi connectivity index (χ1v) is 5.74. The second kappa shape index (κ2) is 5.61. The van der Waals surface area contributed by atoms with Crippen molar-refractivity contribution in [1.29, 1.82) is 0 Å². The van der Waals surface area contributed by atoms with E-state index in [4.69, 9.17) is 4.74 Å². The largest absolute Gasteiger partial charge is 0.377 e. The van der Waals surface area contributed by atoms with Crippen LogP contribution in [0.4, 0.5) is 11.6 Å². The quantitative estimate of drug-likeness (QED) is 0.683. The molecule has 0 atom stereocenters. The number of hydrogen-bond donors (Lipinski definition) is 2. The summed E-state index contributed by atoms with van der Waals surface area (Å²) >= 11 is 0. The second-order valence-electron chi connectivity index (χ2n) is 4.04. The molecule has 2 amide bonds. The van der Waals surface area contributed by atoms with Gasteiger partial charge in [0.15, 0.2) is 5.82 Å². The molecule has 8 heteroatoms. The Labute approximate surface area is 110 Å². The molecule has 2 N–H and O–H groups in total. The highest BCUT2D eigenvalue weighted by Crippen LogP contribution is 2.17. The van der Waals surface area contributed by atoms with E-state index in [1.807, 2.05) is 0 Å². The monoisotopic (exact) mass is 265 g/mol. The predicted octanol–water partition coefficient (Wildman–Crippen LogP) is -0.872. The van der Waals surface area contributed by atoms with Gasteiger partial charge >= 0.3 is 0 Å². The molecule has 1 aromatic heterocycles. The summed E-state index contributed by atoms with van der Waals surface area (Å²) in [4.78, 5) is 32.8. The minimum atomic E-state index is -0.339. The number of ether oxygens (including phenoxy) is 1. The lowest BCUT2D eigenvalue weighted by atomic mass is 10.3. The summed E-state index contributed by atoms with van der Waals surface area (Å²) in [5, 5.41) is 5.15. The van der Waals surface area contributed by atoms with Crippen LogP contribution in [0.25, 0.3) is 0 Å². The van der Waals surface area contributed by atoms with Crippen molar-refractivity contribution in [2.45, 2.75) is 6.61 Å². The van der Waals surface area contributed by atoms with E-state index in [-0.39, 0.29) is 31.5 Å². The zero-order valence-corrected chi connectivity index (χ0v) is 10.8. The van der Waals surface area contributed by atoms with Crippen LogP contribution >= 0.6 is 0 Å². The first kappa shape index (κ1) is 13.2. The fourth-order valence-electron chi connectivity index (χ4n) is 1.77. The number of hydrogen-bond acceptors (Lipinski definition) is 7. The van der Waals surface area contributed by atoms with Gasteiger partial charge in [0.1, 0.15) is 18.2 Å². The Morgan fingerprint density at radius 3 is 2.63 bits per heavy atom. The van der Waals surface area contributed by atoms with Gasteiger partial charge in [-0.1, -0.05) is 0 Å². The number of rotatable bonds is 4. The van der Waals surface area contributed by atoms with Crippen LogP contribution in [0.5, 0.6) is 0 Å². The Balaban J connectivity index is 2.29. The molecule has 2 rings (SSSR count). The molecular weight excluding hydrogens is 250 g/mol. The van der Waals surface area contributed by atoms with Crippen molar-refractivity contribution in [3.8, 4) is 0 Å². The van der Waals surface area contributed by atoms with E-state index in [1.165, 1.54) is 0 Å². The van der Waals surface area contributed by atoms with Crippen LogP contribution in [0.15, 0.2) is 6.07 Å². The van der Waals surface area contributed by atoms with Crippen LogP contribution < -0.4 is 15.5 Å². The Kier molecular flexibility index (Phi) is 3.91. The van der Waals surface area contributed by atoms with Crippen LogP contribution in [0, 0.1) is 0 Å². The molecule has 0 unspecified atom stereocenters. The molecular formula is C11H15N5O3. The molecule has 0 radical (unpaired) electrons. The van der Waals surface area contributed by atoms with Crippen molar-refractivity contribution < 1.29 is 14.3 Å². The summed E-state index contributed by atoms with van der Waals surface area (Å²) in [5.41, 5.74) is 0. The number of methoxy groups -OCH3 is 1. The van der Waals surface area contributed by atoms with Crippen LogP contribution in [0.1, 0.15) is 5.82 Å². The fourth-order valence-corrected chi connectivity index (χ4v) is 1.77. The Morgan fingerprint density at radius 1 is 1.37 bits per heavy atom. The maximum atomic E-state index is 11.4. The molecule has 0 aromatic carbocycles. The lowest BCUT2D eigenvalue weighted by molar-refractivity contribution is -0.130. The fraction of sp³-hybridized carbons (Fsp3) is 0.455. The van der Waals surface area contributed by atoms with Gasteiger partial charge in [0.25, 0.3) is 0 Å². The van der Waals surface area contributed by atoms with E-state index in [0.29, 0.717) is 17.5 Å². The van der Waals surface area contributed by atoms with Crippen molar-refractivity contribution in [3.63, 3.8) is 0 Å². The number of anilines is 2. The molecule has 0 aliphatic carbocycles. The smallest absolute Gasteiger partial charge is 0.246 e. The summed E-state index contributed by atoms with van der Waals surface area (Å²) in [6.45, 7) is 0.452. The molecule has 8 nitrogen and oxygen atoms in total. The van der Waals surface area contributed by atoms with Gasteiger partial charge in [0.05, 0.1) is 13.1 Å². The highest BCUT2D eigenvalue weighted by Gasteiger charge is 2.24. The maximum Gasteiger partial charge on any atom is 0.246 e. The third-order valence-corrected chi connectivity index (χ3v) is 2.56. The molecule has 0 bridgehead atoms. The van der Waals surface area contributed by atoms with Crippen LogP contribution in [-0.4, -0.2) is 49.0 Å². The molecule has 1 saturated heterocycles. The lowest BCUT2D eigenvalue weighted by Gasteiger charge is -2.26. The van der Waals surface area contributed by atoms with Crippen LogP contribution in [0.3, 0.4) is 0 Å². The number of piperazine rings is 1. The van der Waals surface area contributed by atoms with Gasteiger partial charge in [0.2, 0.25) is 11.8 Å². The van der Waals surface area contributed by atoms with E-state index in [9.17, 15) is 9.59 Å². The maximum absolute atomic E-state index is 11.4. The summed E-state index contributed by atoms with van der Waals surface area (Å²) in [5.74, 6) is 0.941. The number of amides is 2. The average molecular weight is 265 g/mol. The Morgan fingerprint density at radius 2 is 2.05 bits per heavy atom. The molecule has 19 heavy (non-hydrogen) atoms. The third kappa shape index (κ3) is 3.16. The van der Waals surface area contributed by atoms with Crippen molar-refractivity contribution in [2.75, 3.05) is 37.5 Å². The van der Waals surface area contributed by atoms with E-state index in [2.05, 4.69) is 20.6 Å². The molecule has 1 fully saturated rings. The van der Waals surface area contributed by atoms with Gasteiger partial charge in [-0.2, -0.15) is 0 Å². The van der Waals surface area contributed by atoms with Gasteiger partial charge in [-0.3, -0.25) is 14.9 Å². The second-order valence-corrected chi connectivity index (χ2v) is 4.04. The Bertz CT molecular complexity index is 489. The normalized spacial score (nSPS) is 15.4. The van der Waals surface area contributed by atoms with Gasteiger partial charge in [-0.15, -0.1) is 0 Å². The molecule has 2 heterocycles. The SMILES string of the molecule is CNc1cc(N2CC(=O)NC(=O)C2)nc(COC)n1. The first-order chi connectivity index (χ1) is 9.12. The van der Waals surface area contributed by atoms with E-state index >= 15 is 0 Å². The lowest BCUT2D eigenvalue weighted by Crippen LogP contribution is -2.51. The van der Waals surface area contributed by atoms with Gasteiger partial charge < -0.3 is 15.0 Å². The zero-order chi connectivity index (χ0) is 13.8. The van der Waals surface area contributed by atoms with Crippen LogP contribution in [0.2, 0.25) is 0 Å².